The monoisotopic (exact) mass is 500 g/mol. The lowest BCUT2D eigenvalue weighted by Crippen LogP contribution is -2.46. The van der Waals surface area contributed by atoms with Gasteiger partial charge in [-0.1, -0.05) is 6.07 Å². The van der Waals surface area contributed by atoms with Crippen LogP contribution in [-0.2, 0) is 0 Å². The zero-order chi connectivity index (χ0) is 25.4. The number of fused-ring (bicyclic) bond motifs is 1. The molecule has 2 N–H and O–H groups in total. The van der Waals surface area contributed by atoms with Crippen molar-refractivity contribution in [2.24, 2.45) is 0 Å². The molecule has 6 rings (SSSR count). The minimum absolute atomic E-state index is 0. The van der Waals surface area contributed by atoms with Crippen LogP contribution in [0.3, 0.4) is 0 Å². The zero-order valence-corrected chi connectivity index (χ0v) is 21.4. The van der Waals surface area contributed by atoms with Gasteiger partial charge in [-0.15, -0.1) is 0 Å². The second-order valence-corrected chi connectivity index (χ2v) is 10.2. The number of benzene rings is 2. The summed E-state index contributed by atoms with van der Waals surface area (Å²) in [6.45, 7) is 0. The van der Waals surface area contributed by atoms with Crippen molar-refractivity contribution in [3.63, 3.8) is 0 Å². The van der Waals surface area contributed by atoms with Crippen molar-refractivity contribution in [3.8, 4) is 11.5 Å². The number of aromatic nitrogens is 3. The second-order valence-electron chi connectivity index (χ2n) is 10.2. The molecular formula is C29H36N6O2. The smallest absolute Gasteiger partial charge is 0.229 e. The number of nitrogens with one attached hydrogen (secondary N) is 2. The Morgan fingerprint density at radius 2 is 1.78 bits per heavy atom. The largest absolute Gasteiger partial charge is 0.493 e. The second kappa shape index (κ2) is 9.86. The number of methoxy groups -OCH3 is 1. The van der Waals surface area contributed by atoms with Crippen molar-refractivity contribution < 1.29 is 12.3 Å². The molecule has 194 valence electrons. The summed E-state index contributed by atoms with van der Waals surface area (Å²) in [5.74, 6) is 3.31. The molecule has 2 fully saturated rings. The van der Waals surface area contributed by atoms with Gasteiger partial charge in [-0.3, -0.25) is 4.98 Å². The molecule has 0 saturated heterocycles. The van der Waals surface area contributed by atoms with Gasteiger partial charge in [0.1, 0.15) is 11.9 Å². The molecule has 0 amide bonds. The van der Waals surface area contributed by atoms with Gasteiger partial charge in [0.15, 0.2) is 11.5 Å². The number of ether oxygens (including phenoxy) is 2. The van der Waals surface area contributed by atoms with Crippen LogP contribution in [-0.4, -0.2) is 53.2 Å². The molecule has 2 aromatic heterocycles. The molecule has 2 aromatic carbocycles. The van der Waals surface area contributed by atoms with E-state index in [9.17, 15) is 0 Å². The lowest BCUT2D eigenvalue weighted by Gasteiger charge is -2.39. The quantitative estimate of drug-likeness (QED) is 0.275. The Morgan fingerprint density at radius 1 is 0.919 bits per heavy atom. The van der Waals surface area contributed by atoms with Gasteiger partial charge < -0.3 is 25.0 Å². The summed E-state index contributed by atoms with van der Waals surface area (Å²) in [5, 5.41) is 7.77. The van der Waals surface area contributed by atoms with E-state index in [-0.39, 0.29) is 8.96 Å². The van der Waals surface area contributed by atoms with Crippen LogP contribution < -0.4 is 20.1 Å². The summed E-state index contributed by atoms with van der Waals surface area (Å²) in [7, 11) is 5.87. The predicted octanol–water partition coefficient (Wildman–Crippen LogP) is 6.36. The first kappa shape index (κ1) is 23.5. The molecule has 2 aliphatic rings. The lowest BCUT2D eigenvalue weighted by atomic mass is 9.88. The Kier molecular flexibility index (Phi) is 6.26. The molecule has 0 unspecified atom stereocenters. The third-order valence-corrected chi connectivity index (χ3v) is 7.20. The average Bonchev–Trinajstić information content (AvgIpc) is 3.72. The maximum atomic E-state index is 6.17. The maximum absolute atomic E-state index is 6.17. The molecule has 8 heteroatoms. The summed E-state index contributed by atoms with van der Waals surface area (Å²) in [5.41, 5.74) is 4.11. The van der Waals surface area contributed by atoms with Gasteiger partial charge in [0.05, 0.1) is 24.5 Å². The standard InChI is InChI=1S/C29H32N6O2.2H2/c1-35(2)23-15-24(16-23)37-26-9-7-21(14-27(26)36-3)33-29-30-11-10-28(34-29)32-22-13-20-12-19(18-4-5-18)6-8-25(20)31-17-22;;/h6-14,17-18,23-24H,4-5,15-16H2,1-3H3,(H2,30,32,33,34);2*1H. The molecule has 4 aromatic rings. The Morgan fingerprint density at radius 3 is 2.57 bits per heavy atom. The first-order valence-corrected chi connectivity index (χ1v) is 12.8. The van der Waals surface area contributed by atoms with Crippen LogP contribution in [0.15, 0.2) is 60.9 Å². The Labute approximate surface area is 220 Å². The highest BCUT2D eigenvalue weighted by atomic mass is 16.5. The Balaban J connectivity index is 0.00000176. The van der Waals surface area contributed by atoms with Gasteiger partial charge in [0, 0.05) is 32.2 Å². The highest BCUT2D eigenvalue weighted by molar-refractivity contribution is 5.83. The van der Waals surface area contributed by atoms with Crippen LogP contribution in [0.2, 0.25) is 0 Å². The van der Waals surface area contributed by atoms with E-state index in [1.165, 1.54) is 18.4 Å². The van der Waals surface area contributed by atoms with Crippen molar-refractivity contribution in [2.45, 2.75) is 43.7 Å². The third-order valence-electron chi connectivity index (χ3n) is 7.20. The molecule has 0 bridgehead atoms. The van der Waals surface area contributed by atoms with Crippen molar-refractivity contribution in [3.05, 3.63) is 66.5 Å². The maximum Gasteiger partial charge on any atom is 0.229 e. The van der Waals surface area contributed by atoms with Crippen LogP contribution in [0.4, 0.5) is 23.1 Å². The molecule has 2 aliphatic carbocycles. The van der Waals surface area contributed by atoms with Crippen molar-refractivity contribution >= 4 is 34.0 Å². The first-order chi connectivity index (χ1) is 18.0. The summed E-state index contributed by atoms with van der Waals surface area (Å²) in [6, 6.07) is 16.9. The van der Waals surface area contributed by atoms with Gasteiger partial charge >= 0.3 is 0 Å². The highest BCUT2D eigenvalue weighted by Crippen LogP contribution is 2.41. The van der Waals surface area contributed by atoms with E-state index in [4.69, 9.17) is 9.47 Å². The SMILES string of the molecule is COc1cc(Nc2nccc(Nc3cnc4ccc(C5CC5)cc4c3)n2)ccc1OC1CC(N(C)C)C1.[HH].[HH]. The molecule has 0 spiro atoms. The fourth-order valence-electron chi connectivity index (χ4n) is 4.73. The van der Waals surface area contributed by atoms with Gasteiger partial charge in [-0.05, 0) is 87.7 Å². The summed E-state index contributed by atoms with van der Waals surface area (Å²) >= 11 is 0. The van der Waals surface area contributed by atoms with Crippen LogP contribution in [0.25, 0.3) is 10.9 Å². The average molecular weight is 501 g/mol. The Hall–Kier alpha value is -3.91. The van der Waals surface area contributed by atoms with E-state index < -0.39 is 0 Å². The number of pyridine rings is 1. The van der Waals surface area contributed by atoms with Crippen molar-refractivity contribution in [1.29, 1.82) is 0 Å². The molecular weight excluding hydrogens is 464 g/mol. The fourth-order valence-corrected chi connectivity index (χ4v) is 4.73. The molecule has 0 radical (unpaired) electrons. The number of nitrogens with zero attached hydrogens (tertiary/aromatic N) is 4. The molecule has 37 heavy (non-hydrogen) atoms. The molecule has 0 atom stereocenters. The van der Waals surface area contributed by atoms with Crippen LogP contribution in [0.5, 0.6) is 11.5 Å². The summed E-state index contributed by atoms with van der Waals surface area (Å²) in [6.07, 6.45) is 8.40. The fraction of sp³-hybridized carbons (Fsp3) is 0.345. The first-order valence-electron chi connectivity index (χ1n) is 12.8. The predicted molar refractivity (Wildman–Crippen MR) is 151 cm³/mol. The van der Waals surface area contributed by atoms with Crippen molar-refractivity contribution in [1.82, 2.24) is 19.9 Å². The Bertz CT molecular complexity index is 1430. The highest BCUT2D eigenvalue weighted by Gasteiger charge is 2.32. The van der Waals surface area contributed by atoms with E-state index in [1.807, 2.05) is 30.5 Å². The normalized spacial score (nSPS) is 18.9. The minimum atomic E-state index is 0. The van der Waals surface area contributed by atoms with Gasteiger partial charge in [0.25, 0.3) is 0 Å². The van der Waals surface area contributed by atoms with Gasteiger partial charge in [-0.2, -0.15) is 4.98 Å². The zero-order valence-electron chi connectivity index (χ0n) is 21.4. The number of hydrogen-bond acceptors (Lipinski definition) is 8. The summed E-state index contributed by atoms with van der Waals surface area (Å²) in [4.78, 5) is 15.9. The lowest BCUT2D eigenvalue weighted by molar-refractivity contribution is 0.0383. The molecule has 2 heterocycles. The number of rotatable bonds is 9. The van der Waals surface area contributed by atoms with E-state index in [0.717, 1.165) is 40.9 Å². The van der Waals surface area contributed by atoms with E-state index >= 15 is 0 Å². The topological polar surface area (TPSA) is 84.4 Å². The van der Waals surface area contributed by atoms with E-state index in [2.05, 4.69) is 68.8 Å². The van der Waals surface area contributed by atoms with Crippen LogP contribution in [0, 0.1) is 0 Å². The number of hydrogen-bond donors (Lipinski definition) is 2. The van der Waals surface area contributed by atoms with E-state index in [0.29, 0.717) is 29.5 Å². The van der Waals surface area contributed by atoms with E-state index in [1.54, 1.807) is 13.3 Å². The van der Waals surface area contributed by atoms with Crippen LogP contribution in [0.1, 0.15) is 40.0 Å². The van der Waals surface area contributed by atoms with Crippen LogP contribution >= 0.6 is 0 Å². The molecule has 2 saturated carbocycles. The molecule has 8 nitrogen and oxygen atoms in total. The molecule has 0 aliphatic heterocycles. The number of anilines is 4. The van der Waals surface area contributed by atoms with Gasteiger partial charge in [-0.25, -0.2) is 4.98 Å². The van der Waals surface area contributed by atoms with Gasteiger partial charge in [0.2, 0.25) is 5.95 Å². The van der Waals surface area contributed by atoms with Crippen molar-refractivity contribution in [2.75, 3.05) is 31.8 Å². The summed E-state index contributed by atoms with van der Waals surface area (Å²) < 4.78 is 11.8. The minimum Gasteiger partial charge on any atom is -0.493 e. The third kappa shape index (κ3) is 5.29.